The predicted molar refractivity (Wildman–Crippen MR) is 48.3 cm³/mol. The molecule has 0 bridgehead atoms. The van der Waals surface area contributed by atoms with Gasteiger partial charge in [-0.3, -0.25) is 4.98 Å². The van der Waals surface area contributed by atoms with Gasteiger partial charge in [0.2, 0.25) is 0 Å². The van der Waals surface area contributed by atoms with E-state index in [1.54, 1.807) is 6.07 Å². The van der Waals surface area contributed by atoms with Crippen LogP contribution < -0.4 is 5.73 Å². The Morgan fingerprint density at radius 3 is 3.00 bits per heavy atom. The fraction of sp³-hybridized carbons (Fsp3) is 0.111. The number of carbonyl (C=O) groups is 1. The van der Waals surface area contributed by atoms with Crippen molar-refractivity contribution >= 4 is 5.97 Å². The van der Waals surface area contributed by atoms with Crippen molar-refractivity contribution in [3.05, 3.63) is 42.2 Å². The number of rotatable bonds is 3. The smallest absolute Gasteiger partial charge is 0.337 e. The summed E-state index contributed by atoms with van der Waals surface area (Å²) in [5.74, 6) is -1.03. The normalized spacial score (nSPS) is 12.1. The average Bonchev–Trinajstić information content (AvgIpc) is 2.16. The van der Waals surface area contributed by atoms with Gasteiger partial charge in [0.05, 0.1) is 5.56 Å². The molecule has 13 heavy (non-hydrogen) atoms. The van der Waals surface area contributed by atoms with Gasteiger partial charge in [0.15, 0.2) is 0 Å². The van der Waals surface area contributed by atoms with E-state index in [9.17, 15) is 4.79 Å². The third-order valence-corrected chi connectivity index (χ3v) is 1.70. The van der Waals surface area contributed by atoms with Crippen molar-refractivity contribution < 1.29 is 9.90 Å². The van der Waals surface area contributed by atoms with Gasteiger partial charge in [-0.25, -0.2) is 4.79 Å². The molecule has 0 amide bonds. The molecule has 1 aromatic heterocycles. The largest absolute Gasteiger partial charge is 0.478 e. The number of carboxylic acids is 1. The summed E-state index contributed by atoms with van der Waals surface area (Å²) < 4.78 is 0. The minimum absolute atomic E-state index is 0.120. The molecule has 0 spiro atoms. The van der Waals surface area contributed by atoms with Gasteiger partial charge in [0, 0.05) is 18.4 Å². The molecule has 0 saturated heterocycles. The van der Waals surface area contributed by atoms with Crippen LogP contribution in [0.5, 0.6) is 0 Å². The first kappa shape index (κ1) is 9.41. The first-order valence-electron chi connectivity index (χ1n) is 3.72. The fourth-order valence-corrected chi connectivity index (χ4v) is 1.00. The molecule has 0 fully saturated rings. The van der Waals surface area contributed by atoms with Crippen molar-refractivity contribution in [1.29, 1.82) is 0 Å². The topological polar surface area (TPSA) is 76.2 Å². The van der Waals surface area contributed by atoms with E-state index in [-0.39, 0.29) is 5.56 Å². The lowest BCUT2D eigenvalue weighted by Crippen LogP contribution is -2.12. The number of aromatic carboxylic acids is 1. The van der Waals surface area contributed by atoms with Gasteiger partial charge in [-0.1, -0.05) is 6.08 Å². The summed E-state index contributed by atoms with van der Waals surface area (Å²) in [6.07, 6.45) is 4.27. The van der Waals surface area contributed by atoms with E-state index in [0.717, 1.165) is 0 Å². The molecule has 1 rings (SSSR count). The monoisotopic (exact) mass is 178 g/mol. The molecule has 68 valence electrons. The molecule has 1 heterocycles. The van der Waals surface area contributed by atoms with Crippen LogP contribution in [-0.4, -0.2) is 16.1 Å². The standard InChI is InChI=1S/C9H10N2O2/c1-2-8(10)6-3-4-11-5-7(6)9(12)13/h2-5,8H,1,10H2,(H,12,13)/t8-/m1/s1. The molecular formula is C9H10N2O2. The molecular weight excluding hydrogens is 168 g/mol. The van der Waals surface area contributed by atoms with Crippen molar-refractivity contribution in [3.8, 4) is 0 Å². The first-order chi connectivity index (χ1) is 6.16. The molecule has 3 N–H and O–H groups in total. The van der Waals surface area contributed by atoms with Crippen molar-refractivity contribution in [2.75, 3.05) is 0 Å². The number of nitrogens with zero attached hydrogens (tertiary/aromatic N) is 1. The summed E-state index contributed by atoms with van der Waals surface area (Å²) in [5.41, 5.74) is 6.27. The Morgan fingerprint density at radius 1 is 1.77 bits per heavy atom. The zero-order chi connectivity index (χ0) is 9.84. The summed E-state index contributed by atoms with van der Waals surface area (Å²) in [6.45, 7) is 3.50. The number of hydrogen-bond donors (Lipinski definition) is 2. The highest BCUT2D eigenvalue weighted by molar-refractivity contribution is 5.89. The van der Waals surface area contributed by atoms with Crippen LogP contribution in [0.1, 0.15) is 22.0 Å². The van der Waals surface area contributed by atoms with E-state index < -0.39 is 12.0 Å². The number of aromatic nitrogens is 1. The number of pyridine rings is 1. The molecule has 0 aliphatic rings. The minimum Gasteiger partial charge on any atom is -0.478 e. The van der Waals surface area contributed by atoms with Crippen molar-refractivity contribution in [3.63, 3.8) is 0 Å². The van der Waals surface area contributed by atoms with E-state index in [1.807, 2.05) is 0 Å². The second-order valence-electron chi connectivity index (χ2n) is 2.53. The van der Waals surface area contributed by atoms with Gasteiger partial charge < -0.3 is 10.8 Å². The van der Waals surface area contributed by atoms with Crippen LogP contribution in [0, 0.1) is 0 Å². The van der Waals surface area contributed by atoms with Crippen LogP contribution in [0.15, 0.2) is 31.1 Å². The second-order valence-corrected chi connectivity index (χ2v) is 2.53. The van der Waals surface area contributed by atoms with Gasteiger partial charge in [-0.15, -0.1) is 6.58 Å². The van der Waals surface area contributed by atoms with Crippen LogP contribution >= 0.6 is 0 Å². The molecule has 0 aliphatic heterocycles. The van der Waals surface area contributed by atoms with E-state index in [2.05, 4.69) is 11.6 Å². The van der Waals surface area contributed by atoms with Crippen LogP contribution in [0.4, 0.5) is 0 Å². The molecule has 0 radical (unpaired) electrons. The maximum absolute atomic E-state index is 10.7. The number of carboxylic acid groups (broad SMARTS) is 1. The zero-order valence-corrected chi connectivity index (χ0v) is 6.97. The lowest BCUT2D eigenvalue weighted by Gasteiger charge is -2.08. The highest BCUT2D eigenvalue weighted by Crippen LogP contribution is 2.15. The van der Waals surface area contributed by atoms with Crippen molar-refractivity contribution in [1.82, 2.24) is 4.98 Å². The van der Waals surface area contributed by atoms with Crippen LogP contribution in [0.3, 0.4) is 0 Å². The Bertz CT molecular complexity index is 336. The molecule has 4 heteroatoms. The summed E-state index contributed by atoms with van der Waals surface area (Å²) in [4.78, 5) is 14.4. The Labute approximate surface area is 75.7 Å². The Balaban J connectivity index is 3.19. The van der Waals surface area contributed by atoms with Crippen molar-refractivity contribution in [2.24, 2.45) is 5.73 Å². The number of hydrogen-bond acceptors (Lipinski definition) is 3. The fourth-order valence-electron chi connectivity index (χ4n) is 1.00. The average molecular weight is 178 g/mol. The summed E-state index contributed by atoms with van der Waals surface area (Å²) in [5, 5.41) is 8.78. The van der Waals surface area contributed by atoms with Crippen LogP contribution in [0.25, 0.3) is 0 Å². The van der Waals surface area contributed by atoms with Crippen molar-refractivity contribution in [2.45, 2.75) is 6.04 Å². The summed E-state index contributed by atoms with van der Waals surface area (Å²) >= 11 is 0. The van der Waals surface area contributed by atoms with Gasteiger partial charge >= 0.3 is 5.97 Å². The summed E-state index contributed by atoms with van der Waals surface area (Å²) in [7, 11) is 0. The quantitative estimate of drug-likeness (QED) is 0.676. The van der Waals surface area contributed by atoms with Gasteiger partial charge in [-0.2, -0.15) is 0 Å². The first-order valence-corrected chi connectivity index (χ1v) is 3.72. The van der Waals surface area contributed by atoms with Crippen LogP contribution in [-0.2, 0) is 0 Å². The highest BCUT2D eigenvalue weighted by Gasteiger charge is 2.12. The lowest BCUT2D eigenvalue weighted by atomic mass is 10.0. The Morgan fingerprint density at radius 2 is 2.46 bits per heavy atom. The van der Waals surface area contributed by atoms with Gasteiger partial charge in [-0.05, 0) is 11.6 Å². The third-order valence-electron chi connectivity index (χ3n) is 1.70. The summed E-state index contributed by atoms with van der Waals surface area (Å²) in [6, 6.07) is 1.12. The highest BCUT2D eigenvalue weighted by atomic mass is 16.4. The van der Waals surface area contributed by atoms with Crippen LogP contribution in [0.2, 0.25) is 0 Å². The van der Waals surface area contributed by atoms with E-state index in [0.29, 0.717) is 5.56 Å². The zero-order valence-electron chi connectivity index (χ0n) is 6.97. The molecule has 0 aromatic carbocycles. The lowest BCUT2D eigenvalue weighted by molar-refractivity contribution is 0.0695. The molecule has 0 aliphatic carbocycles. The van der Waals surface area contributed by atoms with Gasteiger partial charge in [0.1, 0.15) is 0 Å². The molecule has 1 atom stereocenters. The van der Waals surface area contributed by atoms with E-state index >= 15 is 0 Å². The third kappa shape index (κ3) is 1.91. The Hall–Kier alpha value is -1.68. The molecule has 0 unspecified atom stereocenters. The molecule has 1 aromatic rings. The van der Waals surface area contributed by atoms with Gasteiger partial charge in [0.25, 0.3) is 0 Å². The van der Waals surface area contributed by atoms with E-state index in [4.69, 9.17) is 10.8 Å². The molecule has 0 saturated carbocycles. The second kappa shape index (κ2) is 3.82. The molecule has 4 nitrogen and oxygen atoms in total. The minimum atomic E-state index is -1.03. The SMILES string of the molecule is C=C[C@@H](N)c1ccncc1C(=O)O. The predicted octanol–water partition coefficient (Wildman–Crippen LogP) is 0.966. The van der Waals surface area contributed by atoms with E-state index in [1.165, 1.54) is 18.5 Å². The Kier molecular flexibility index (Phi) is 2.76. The number of nitrogens with two attached hydrogens (primary N) is 1. The maximum Gasteiger partial charge on any atom is 0.337 e. The maximum atomic E-state index is 10.7.